The van der Waals surface area contributed by atoms with Gasteiger partial charge in [-0.3, -0.25) is 19.6 Å². The number of carbonyl (C=O) groups excluding carboxylic acids is 2. The van der Waals surface area contributed by atoms with Crippen LogP contribution in [0.2, 0.25) is 0 Å². The maximum absolute atomic E-state index is 12.4. The van der Waals surface area contributed by atoms with Gasteiger partial charge in [-0.1, -0.05) is 48.5 Å². The third kappa shape index (κ3) is 5.07. The molecule has 0 unspecified atom stereocenters. The number of hydrogen-bond acceptors (Lipinski definition) is 6. The summed E-state index contributed by atoms with van der Waals surface area (Å²) < 4.78 is 6.76. The number of anilines is 1. The van der Waals surface area contributed by atoms with Crippen molar-refractivity contribution in [3.63, 3.8) is 0 Å². The first-order chi connectivity index (χ1) is 16.5. The number of rotatable bonds is 9. The van der Waals surface area contributed by atoms with Crippen LogP contribution in [0.5, 0.6) is 0 Å². The first-order valence-corrected chi connectivity index (χ1v) is 10.7. The molecule has 0 fully saturated rings. The number of benzene rings is 2. The maximum atomic E-state index is 12.4. The Morgan fingerprint density at radius 1 is 1.06 bits per heavy atom. The van der Waals surface area contributed by atoms with E-state index in [0.717, 1.165) is 27.2 Å². The van der Waals surface area contributed by atoms with Crippen LogP contribution in [0.25, 0.3) is 11.1 Å². The van der Waals surface area contributed by atoms with Gasteiger partial charge in [0.05, 0.1) is 18.5 Å². The number of aliphatic carboxylic acids is 1. The van der Waals surface area contributed by atoms with Crippen LogP contribution < -0.4 is 5.32 Å². The molecule has 2 aromatic carbocycles. The summed E-state index contributed by atoms with van der Waals surface area (Å²) >= 11 is 0. The standard InChI is InChI=1S/C24H24N4O6/c29-10-9-27(14-23(31)32)22(30)13-28-12-16(11-25-28)26-24(33)34-15-21-19-7-3-1-5-17(19)18-6-2-4-8-20(18)21/h1-8,11-12,21,29H,9-10,13-15H2,(H,26,33)(H,31,32). The minimum atomic E-state index is -1.18. The number of carboxylic acids is 1. The van der Waals surface area contributed by atoms with Crippen molar-refractivity contribution in [1.29, 1.82) is 0 Å². The van der Waals surface area contributed by atoms with Crippen molar-refractivity contribution < 1.29 is 29.3 Å². The van der Waals surface area contributed by atoms with E-state index in [-0.39, 0.29) is 32.2 Å². The number of nitrogens with one attached hydrogen (secondary N) is 1. The number of nitrogens with zero attached hydrogens (tertiary/aromatic N) is 3. The molecule has 10 heteroatoms. The number of fused-ring (bicyclic) bond motifs is 3. The molecular weight excluding hydrogens is 440 g/mol. The Morgan fingerprint density at radius 3 is 2.32 bits per heavy atom. The molecule has 4 rings (SSSR count). The van der Waals surface area contributed by atoms with Gasteiger partial charge in [0.15, 0.2) is 0 Å². The van der Waals surface area contributed by atoms with Gasteiger partial charge in [0.25, 0.3) is 0 Å². The Hall–Kier alpha value is -4.18. The van der Waals surface area contributed by atoms with Crippen molar-refractivity contribution in [3.05, 3.63) is 72.1 Å². The van der Waals surface area contributed by atoms with Crippen LogP contribution in [-0.2, 0) is 20.9 Å². The molecule has 1 aliphatic carbocycles. The summed E-state index contributed by atoms with van der Waals surface area (Å²) in [6.07, 6.45) is 2.15. The summed E-state index contributed by atoms with van der Waals surface area (Å²) in [5.74, 6) is -1.77. The van der Waals surface area contributed by atoms with Crippen LogP contribution in [0.3, 0.4) is 0 Å². The zero-order valence-corrected chi connectivity index (χ0v) is 18.3. The predicted octanol–water partition coefficient (Wildman–Crippen LogP) is 2.15. The third-order valence-corrected chi connectivity index (χ3v) is 5.57. The summed E-state index contributed by atoms with van der Waals surface area (Å²) in [5, 5.41) is 24.5. The van der Waals surface area contributed by atoms with E-state index in [9.17, 15) is 14.4 Å². The number of amides is 2. The molecule has 0 saturated carbocycles. The molecule has 0 radical (unpaired) electrons. The molecule has 0 spiro atoms. The first-order valence-electron chi connectivity index (χ1n) is 10.7. The number of hydrogen-bond donors (Lipinski definition) is 3. The summed E-state index contributed by atoms with van der Waals surface area (Å²) in [4.78, 5) is 36.6. The lowest BCUT2D eigenvalue weighted by Gasteiger charge is -2.19. The Labute approximate surface area is 195 Å². The highest BCUT2D eigenvalue weighted by Gasteiger charge is 2.29. The van der Waals surface area contributed by atoms with Gasteiger partial charge in [-0.15, -0.1) is 0 Å². The van der Waals surface area contributed by atoms with E-state index in [0.29, 0.717) is 5.69 Å². The Kier molecular flexibility index (Phi) is 6.88. The molecule has 3 N–H and O–H groups in total. The van der Waals surface area contributed by atoms with Gasteiger partial charge in [-0.05, 0) is 22.3 Å². The monoisotopic (exact) mass is 464 g/mol. The highest BCUT2D eigenvalue weighted by molar-refractivity contribution is 5.85. The van der Waals surface area contributed by atoms with Gasteiger partial charge < -0.3 is 19.8 Å². The van der Waals surface area contributed by atoms with Gasteiger partial charge in [-0.2, -0.15) is 5.10 Å². The Morgan fingerprint density at radius 2 is 1.71 bits per heavy atom. The second kappa shape index (κ2) is 10.2. The van der Waals surface area contributed by atoms with E-state index in [4.69, 9.17) is 14.9 Å². The Bertz CT molecular complexity index is 1160. The first kappa shape index (κ1) is 23.0. The molecular formula is C24H24N4O6. The highest BCUT2D eigenvalue weighted by Crippen LogP contribution is 2.44. The van der Waals surface area contributed by atoms with Crippen molar-refractivity contribution in [2.24, 2.45) is 0 Å². The predicted molar refractivity (Wildman–Crippen MR) is 122 cm³/mol. The molecule has 0 aliphatic heterocycles. The van der Waals surface area contributed by atoms with Crippen LogP contribution in [0.1, 0.15) is 17.0 Å². The van der Waals surface area contributed by atoms with Crippen molar-refractivity contribution in [2.45, 2.75) is 12.5 Å². The SMILES string of the molecule is O=C(O)CN(CCO)C(=O)Cn1cc(NC(=O)OCC2c3ccccc3-c3ccccc32)cn1. The van der Waals surface area contributed by atoms with Crippen LogP contribution in [0.4, 0.5) is 10.5 Å². The van der Waals surface area contributed by atoms with Gasteiger partial charge in [0, 0.05) is 18.7 Å². The molecule has 0 bridgehead atoms. The van der Waals surface area contributed by atoms with Crippen molar-refractivity contribution in [1.82, 2.24) is 14.7 Å². The molecule has 34 heavy (non-hydrogen) atoms. The zero-order chi connectivity index (χ0) is 24.1. The lowest BCUT2D eigenvalue weighted by atomic mass is 9.98. The van der Waals surface area contributed by atoms with Crippen molar-refractivity contribution >= 4 is 23.7 Å². The molecule has 0 atom stereocenters. The number of aromatic nitrogens is 2. The van der Waals surface area contributed by atoms with Crippen LogP contribution in [-0.4, -0.2) is 69.2 Å². The topological polar surface area (TPSA) is 134 Å². The van der Waals surface area contributed by atoms with E-state index in [1.165, 1.54) is 17.1 Å². The summed E-state index contributed by atoms with van der Waals surface area (Å²) in [5.41, 5.74) is 4.82. The van der Waals surface area contributed by atoms with Crippen LogP contribution in [0.15, 0.2) is 60.9 Å². The van der Waals surface area contributed by atoms with Crippen LogP contribution in [0, 0.1) is 0 Å². The molecule has 2 amide bonds. The smallest absolute Gasteiger partial charge is 0.411 e. The van der Waals surface area contributed by atoms with E-state index >= 15 is 0 Å². The Balaban J connectivity index is 1.34. The summed E-state index contributed by atoms with van der Waals surface area (Å²) in [7, 11) is 0. The van der Waals surface area contributed by atoms with Gasteiger partial charge in [0.1, 0.15) is 19.7 Å². The maximum Gasteiger partial charge on any atom is 0.411 e. The fourth-order valence-electron chi connectivity index (χ4n) is 4.08. The van der Waals surface area contributed by atoms with Gasteiger partial charge >= 0.3 is 12.1 Å². The third-order valence-electron chi connectivity index (χ3n) is 5.57. The second-order valence-corrected chi connectivity index (χ2v) is 7.81. The average Bonchev–Trinajstić information content (AvgIpc) is 3.39. The van der Waals surface area contributed by atoms with Crippen molar-refractivity contribution in [2.75, 3.05) is 31.6 Å². The second-order valence-electron chi connectivity index (χ2n) is 7.81. The van der Waals surface area contributed by atoms with E-state index in [1.54, 1.807) is 0 Å². The fourth-order valence-corrected chi connectivity index (χ4v) is 4.08. The summed E-state index contributed by atoms with van der Waals surface area (Å²) in [6.45, 7) is -1.05. The molecule has 1 aliphatic rings. The highest BCUT2D eigenvalue weighted by atomic mass is 16.5. The number of ether oxygens (including phenoxy) is 1. The minimum Gasteiger partial charge on any atom is -0.480 e. The average molecular weight is 464 g/mol. The van der Waals surface area contributed by atoms with Crippen molar-refractivity contribution in [3.8, 4) is 11.1 Å². The lowest BCUT2D eigenvalue weighted by Crippen LogP contribution is -2.39. The van der Waals surface area contributed by atoms with E-state index in [2.05, 4.69) is 22.5 Å². The molecule has 10 nitrogen and oxygen atoms in total. The molecule has 176 valence electrons. The fraction of sp³-hybridized carbons (Fsp3) is 0.250. The minimum absolute atomic E-state index is 0.0646. The van der Waals surface area contributed by atoms with E-state index in [1.807, 2.05) is 36.4 Å². The number of aliphatic hydroxyl groups is 1. The lowest BCUT2D eigenvalue weighted by molar-refractivity contribution is -0.145. The number of carboxylic acid groups (broad SMARTS) is 1. The van der Waals surface area contributed by atoms with Gasteiger partial charge in [0.2, 0.25) is 5.91 Å². The number of aliphatic hydroxyl groups excluding tert-OH is 1. The quantitative estimate of drug-likeness (QED) is 0.442. The van der Waals surface area contributed by atoms with E-state index < -0.39 is 24.5 Å². The molecule has 0 saturated heterocycles. The summed E-state index contributed by atoms with van der Waals surface area (Å²) in [6, 6.07) is 16.1. The van der Waals surface area contributed by atoms with Crippen LogP contribution >= 0.6 is 0 Å². The number of carbonyl (C=O) groups is 3. The zero-order valence-electron chi connectivity index (χ0n) is 18.3. The van der Waals surface area contributed by atoms with Gasteiger partial charge in [-0.25, -0.2) is 4.79 Å². The normalized spacial score (nSPS) is 12.0. The molecule has 1 aromatic heterocycles. The molecule has 1 heterocycles. The largest absolute Gasteiger partial charge is 0.480 e. The molecule has 3 aromatic rings.